The van der Waals surface area contributed by atoms with Gasteiger partial charge in [0.05, 0.1) is 6.54 Å². The third-order valence-corrected chi connectivity index (χ3v) is 4.20. The normalized spacial score (nSPS) is 13.7. The van der Waals surface area contributed by atoms with E-state index in [1.807, 2.05) is 29.7 Å². The van der Waals surface area contributed by atoms with Gasteiger partial charge >= 0.3 is 5.76 Å². The van der Waals surface area contributed by atoms with Gasteiger partial charge in [-0.25, -0.2) is 4.79 Å². The highest BCUT2D eigenvalue weighted by molar-refractivity contribution is 5.76. The van der Waals surface area contributed by atoms with Gasteiger partial charge in [-0.05, 0) is 19.1 Å². The lowest BCUT2D eigenvalue weighted by Gasteiger charge is -2.27. The summed E-state index contributed by atoms with van der Waals surface area (Å²) in [6, 6.07) is 9.09. The molecule has 0 spiro atoms. The third kappa shape index (κ3) is 2.84. The van der Waals surface area contributed by atoms with E-state index in [1.54, 1.807) is 17.0 Å². The van der Waals surface area contributed by atoms with E-state index in [-0.39, 0.29) is 18.3 Å². The zero-order valence-corrected chi connectivity index (χ0v) is 13.6. The molecule has 128 valence electrons. The van der Waals surface area contributed by atoms with Crippen LogP contribution in [0, 0.1) is 6.92 Å². The van der Waals surface area contributed by atoms with Gasteiger partial charge in [0.2, 0.25) is 11.8 Å². The molecule has 3 aromatic rings. The largest absolute Gasteiger partial charge is 0.437 e. The summed E-state index contributed by atoms with van der Waals surface area (Å²) in [4.78, 5) is 26.1. The van der Waals surface area contributed by atoms with Crippen LogP contribution in [0.4, 0.5) is 0 Å². The minimum atomic E-state index is -0.650. The number of aryl methyl sites for hydroxylation is 1. The first kappa shape index (κ1) is 15.3. The molecule has 25 heavy (non-hydrogen) atoms. The van der Waals surface area contributed by atoms with Crippen LogP contribution in [0.3, 0.4) is 0 Å². The maximum atomic E-state index is 12.5. The molecule has 0 saturated heterocycles. The van der Waals surface area contributed by atoms with Crippen molar-refractivity contribution in [1.29, 1.82) is 0 Å². The number of amides is 1. The van der Waals surface area contributed by atoms with E-state index >= 15 is 0 Å². The van der Waals surface area contributed by atoms with Crippen LogP contribution in [-0.4, -0.2) is 41.9 Å². The van der Waals surface area contributed by atoms with Gasteiger partial charge in [0.1, 0.15) is 12.4 Å². The van der Waals surface area contributed by atoms with E-state index in [0.717, 1.165) is 16.3 Å². The van der Waals surface area contributed by atoms with E-state index in [0.29, 0.717) is 25.2 Å². The monoisotopic (exact) mass is 340 g/mol. The van der Waals surface area contributed by atoms with Gasteiger partial charge in [-0.1, -0.05) is 18.2 Å². The van der Waals surface area contributed by atoms with Crippen molar-refractivity contribution >= 4 is 5.91 Å². The van der Waals surface area contributed by atoms with Crippen molar-refractivity contribution in [3.05, 3.63) is 52.5 Å². The number of hydrogen-bond acceptors (Lipinski definition) is 6. The molecule has 3 heterocycles. The fourth-order valence-electron chi connectivity index (χ4n) is 2.85. The molecule has 0 radical (unpaired) electrons. The smallest absolute Gasteiger partial charge is 0.388 e. The first-order valence-corrected chi connectivity index (χ1v) is 7.91. The molecule has 0 N–H and O–H groups in total. The van der Waals surface area contributed by atoms with Crippen LogP contribution in [0.25, 0.3) is 11.5 Å². The Labute approximate surface area is 142 Å². The van der Waals surface area contributed by atoms with Gasteiger partial charge in [0.25, 0.3) is 0 Å². The van der Waals surface area contributed by atoms with Gasteiger partial charge in [-0.3, -0.25) is 4.79 Å². The van der Waals surface area contributed by atoms with Crippen LogP contribution >= 0.6 is 0 Å². The summed E-state index contributed by atoms with van der Waals surface area (Å²) in [5, 5.41) is 12.2. The minimum absolute atomic E-state index is 0.164. The number of carbonyl (C=O) groups is 1. The summed E-state index contributed by atoms with van der Waals surface area (Å²) in [5.74, 6) is 0.925. The Morgan fingerprint density at radius 3 is 2.80 bits per heavy atom. The molecule has 9 nitrogen and oxygen atoms in total. The van der Waals surface area contributed by atoms with Gasteiger partial charge in [0.15, 0.2) is 5.82 Å². The van der Waals surface area contributed by atoms with Crippen molar-refractivity contribution < 1.29 is 9.21 Å². The van der Waals surface area contributed by atoms with E-state index in [2.05, 4.69) is 15.3 Å². The van der Waals surface area contributed by atoms with Crippen LogP contribution in [0.1, 0.15) is 11.6 Å². The second-order valence-electron chi connectivity index (χ2n) is 5.83. The highest BCUT2D eigenvalue weighted by atomic mass is 16.4. The Bertz CT molecular complexity index is 971. The van der Waals surface area contributed by atoms with E-state index in [9.17, 15) is 9.59 Å². The summed E-state index contributed by atoms with van der Waals surface area (Å²) in [5.41, 5.74) is 0.687. The summed E-state index contributed by atoms with van der Waals surface area (Å²) < 4.78 is 8.18. The summed E-state index contributed by atoms with van der Waals surface area (Å²) in [7, 11) is 0. The van der Waals surface area contributed by atoms with E-state index in [1.165, 1.54) is 0 Å². The zero-order chi connectivity index (χ0) is 17.4. The van der Waals surface area contributed by atoms with Crippen molar-refractivity contribution in [3.8, 4) is 11.5 Å². The standard InChI is InChI=1S/C16H16N6O3/c1-11-17-18-13-9-20(7-8-21(11)13)14(23)10-22-16(24)25-15(19-22)12-5-3-2-4-6-12/h2-6H,7-10H2,1H3. The van der Waals surface area contributed by atoms with Crippen LogP contribution < -0.4 is 5.76 Å². The predicted octanol–water partition coefficient (Wildman–Crippen LogP) is 0.446. The predicted molar refractivity (Wildman–Crippen MR) is 86.4 cm³/mol. The van der Waals surface area contributed by atoms with Crippen molar-refractivity contribution in [2.45, 2.75) is 26.6 Å². The molecule has 1 aromatic carbocycles. The first-order chi connectivity index (χ1) is 12.1. The lowest BCUT2D eigenvalue weighted by atomic mass is 10.2. The topological polar surface area (TPSA) is 99.1 Å². The maximum absolute atomic E-state index is 12.5. The fourth-order valence-corrected chi connectivity index (χ4v) is 2.85. The highest BCUT2D eigenvalue weighted by Crippen LogP contribution is 2.15. The van der Waals surface area contributed by atoms with Crippen molar-refractivity contribution in [2.24, 2.45) is 0 Å². The number of carbonyl (C=O) groups excluding carboxylic acids is 1. The third-order valence-electron chi connectivity index (χ3n) is 4.20. The Kier molecular flexibility index (Phi) is 3.68. The van der Waals surface area contributed by atoms with Crippen molar-refractivity contribution in [1.82, 2.24) is 29.4 Å². The number of fused-ring (bicyclic) bond motifs is 1. The molecule has 9 heteroatoms. The van der Waals surface area contributed by atoms with Crippen LogP contribution in [0.15, 0.2) is 39.5 Å². The van der Waals surface area contributed by atoms with Crippen LogP contribution in [-0.2, 0) is 24.4 Å². The summed E-state index contributed by atoms with van der Waals surface area (Å²) in [6.45, 7) is 3.28. The zero-order valence-electron chi connectivity index (χ0n) is 13.6. The number of benzene rings is 1. The Hall–Kier alpha value is -3.23. The molecule has 1 aliphatic heterocycles. The van der Waals surface area contributed by atoms with E-state index in [4.69, 9.17) is 4.42 Å². The molecule has 0 atom stereocenters. The molecule has 0 bridgehead atoms. The number of hydrogen-bond donors (Lipinski definition) is 0. The Morgan fingerprint density at radius 1 is 1.20 bits per heavy atom. The number of aromatic nitrogens is 5. The Balaban J connectivity index is 1.50. The molecule has 4 rings (SSSR count). The molecular weight excluding hydrogens is 324 g/mol. The summed E-state index contributed by atoms with van der Waals surface area (Å²) >= 11 is 0. The first-order valence-electron chi connectivity index (χ1n) is 7.91. The number of nitrogens with zero attached hydrogens (tertiary/aromatic N) is 6. The van der Waals surface area contributed by atoms with Crippen LogP contribution in [0.2, 0.25) is 0 Å². The van der Waals surface area contributed by atoms with Gasteiger partial charge in [0, 0.05) is 18.7 Å². The SMILES string of the molecule is Cc1nnc2n1CCN(C(=O)Cn1nc(-c3ccccc3)oc1=O)C2. The molecule has 0 unspecified atom stereocenters. The average molecular weight is 340 g/mol. The average Bonchev–Trinajstić information content (AvgIpc) is 3.19. The van der Waals surface area contributed by atoms with Crippen molar-refractivity contribution in [2.75, 3.05) is 6.54 Å². The molecule has 0 aliphatic carbocycles. The Morgan fingerprint density at radius 2 is 2.00 bits per heavy atom. The molecule has 2 aromatic heterocycles. The van der Waals surface area contributed by atoms with Gasteiger partial charge in [-0.2, -0.15) is 4.68 Å². The maximum Gasteiger partial charge on any atom is 0.437 e. The lowest BCUT2D eigenvalue weighted by molar-refractivity contribution is -0.133. The quantitative estimate of drug-likeness (QED) is 0.686. The van der Waals surface area contributed by atoms with Crippen molar-refractivity contribution in [3.63, 3.8) is 0 Å². The van der Waals surface area contributed by atoms with Gasteiger partial charge in [-0.15, -0.1) is 15.3 Å². The molecule has 1 aliphatic rings. The van der Waals surface area contributed by atoms with Gasteiger partial charge < -0.3 is 13.9 Å². The number of rotatable bonds is 3. The van der Waals surface area contributed by atoms with E-state index < -0.39 is 5.76 Å². The minimum Gasteiger partial charge on any atom is -0.388 e. The second-order valence-corrected chi connectivity index (χ2v) is 5.83. The second kappa shape index (κ2) is 6.00. The lowest BCUT2D eigenvalue weighted by Crippen LogP contribution is -2.41. The molecule has 0 saturated carbocycles. The highest BCUT2D eigenvalue weighted by Gasteiger charge is 2.24. The molecular formula is C16H16N6O3. The van der Waals surface area contributed by atoms with Crippen LogP contribution in [0.5, 0.6) is 0 Å². The molecule has 1 amide bonds. The summed E-state index contributed by atoms with van der Waals surface area (Å²) in [6.07, 6.45) is 0. The molecule has 0 fully saturated rings. The fraction of sp³-hybridized carbons (Fsp3) is 0.312.